The lowest BCUT2D eigenvalue weighted by Crippen LogP contribution is -2.36. The molecule has 0 unspecified atom stereocenters. The van der Waals surface area contributed by atoms with Crippen LogP contribution in [0.5, 0.6) is 5.75 Å². The number of sulfonamides is 1. The Labute approximate surface area is 126 Å². The van der Waals surface area contributed by atoms with Gasteiger partial charge in [-0.3, -0.25) is 0 Å². The minimum absolute atomic E-state index is 0.0882. The number of nitrogens with zero attached hydrogens (tertiary/aromatic N) is 1. The molecule has 0 aliphatic heterocycles. The zero-order chi connectivity index (χ0) is 16.0. The van der Waals surface area contributed by atoms with Crippen molar-refractivity contribution in [2.45, 2.75) is 31.7 Å². The molecule has 0 saturated heterocycles. The molecule has 0 aliphatic carbocycles. The standard InChI is InChI=1S/C15H21NO4S/c1-5-16(12(2)3)21(18,19)15-11-13(7-6-10-17)8-9-14(15)20-4/h8-9,11-12,17H,5,10H2,1-4H3. The van der Waals surface area contributed by atoms with E-state index in [1.807, 2.05) is 13.8 Å². The Morgan fingerprint density at radius 3 is 2.52 bits per heavy atom. The fourth-order valence-corrected chi connectivity index (χ4v) is 3.87. The molecule has 0 atom stereocenters. The van der Waals surface area contributed by atoms with Crippen LogP contribution < -0.4 is 4.74 Å². The summed E-state index contributed by atoms with van der Waals surface area (Å²) in [6.07, 6.45) is 0. The van der Waals surface area contributed by atoms with Crippen molar-refractivity contribution in [3.8, 4) is 17.6 Å². The van der Waals surface area contributed by atoms with E-state index in [0.29, 0.717) is 12.1 Å². The van der Waals surface area contributed by atoms with Crippen molar-refractivity contribution in [3.05, 3.63) is 23.8 Å². The highest BCUT2D eigenvalue weighted by Gasteiger charge is 2.28. The third-order valence-corrected chi connectivity index (χ3v) is 5.12. The first-order chi connectivity index (χ1) is 9.88. The average molecular weight is 311 g/mol. The molecule has 5 nitrogen and oxygen atoms in total. The van der Waals surface area contributed by atoms with E-state index in [1.165, 1.54) is 17.5 Å². The van der Waals surface area contributed by atoms with Gasteiger partial charge in [0.1, 0.15) is 17.3 Å². The summed E-state index contributed by atoms with van der Waals surface area (Å²) in [6.45, 7) is 5.53. The van der Waals surface area contributed by atoms with E-state index < -0.39 is 10.0 Å². The van der Waals surface area contributed by atoms with Crippen molar-refractivity contribution in [1.82, 2.24) is 4.31 Å². The minimum atomic E-state index is -3.66. The van der Waals surface area contributed by atoms with Crippen molar-refractivity contribution < 1.29 is 18.3 Å². The summed E-state index contributed by atoms with van der Waals surface area (Å²) in [7, 11) is -2.23. The fraction of sp³-hybridized carbons (Fsp3) is 0.467. The SMILES string of the molecule is CCN(C(C)C)S(=O)(=O)c1cc(C#CCO)ccc1OC. The lowest BCUT2D eigenvalue weighted by molar-refractivity contribution is 0.350. The molecule has 21 heavy (non-hydrogen) atoms. The normalized spacial score (nSPS) is 11.4. The molecule has 1 N–H and O–H groups in total. The second kappa shape index (κ2) is 7.46. The first-order valence-electron chi connectivity index (χ1n) is 6.68. The molecule has 1 aromatic carbocycles. The number of aliphatic hydroxyl groups is 1. The monoisotopic (exact) mass is 311 g/mol. The van der Waals surface area contributed by atoms with Gasteiger partial charge in [-0.1, -0.05) is 18.8 Å². The van der Waals surface area contributed by atoms with E-state index in [-0.39, 0.29) is 23.3 Å². The predicted octanol–water partition coefficient (Wildman–Crippen LogP) is 1.46. The second-order valence-corrected chi connectivity index (χ2v) is 6.49. The van der Waals surface area contributed by atoms with Gasteiger partial charge in [-0.25, -0.2) is 8.42 Å². The van der Waals surface area contributed by atoms with E-state index in [1.54, 1.807) is 19.1 Å². The van der Waals surface area contributed by atoms with Gasteiger partial charge in [0.15, 0.2) is 0 Å². The Hall–Kier alpha value is -1.55. The molecule has 0 fully saturated rings. The Morgan fingerprint density at radius 2 is 2.05 bits per heavy atom. The Morgan fingerprint density at radius 1 is 1.38 bits per heavy atom. The number of methoxy groups -OCH3 is 1. The Balaban J connectivity index is 3.44. The van der Waals surface area contributed by atoms with Gasteiger partial charge in [-0.05, 0) is 32.0 Å². The zero-order valence-electron chi connectivity index (χ0n) is 12.8. The molecule has 0 spiro atoms. The number of aliphatic hydroxyl groups excluding tert-OH is 1. The van der Waals surface area contributed by atoms with Crippen LogP contribution >= 0.6 is 0 Å². The number of rotatable bonds is 5. The summed E-state index contributed by atoms with van der Waals surface area (Å²) >= 11 is 0. The van der Waals surface area contributed by atoms with Crippen LogP contribution in [0.25, 0.3) is 0 Å². The van der Waals surface area contributed by atoms with Crippen LogP contribution in [0.1, 0.15) is 26.3 Å². The molecule has 116 valence electrons. The van der Waals surface area contributed by atoms with Crippen molar-refractivity contribution in [2.75, 3.05) is 20.3 Å². The lowest BCUT2D eigenvalue weighted by atomic mass is 10.2. The van der Waals surface area contributed by atoms with E-state index in [4.69, 9.17) is 9.84 Å². The third kappa shape index (κ3) is 3.97. The van der Waals surface area contributed by atoms with Gasteiger partial charge in [0.05, 0.1) is 7.11 Å². The summed E-state index contributed by atoms with van der Waals surface area (Å²) in [4.78, 5) is 0.0882. The van der Waals surface area contributed by atoms with Crippen LogP contribution in [-0.2, 0) is 10.0 Å². The van der Waals surface area contributed by atoms with Crippen molar-refractivity contribution in [2.24, 2.45) is 0 Å². The van der Waals surface area contributed by atoms with E-state index in [2.05, 4.69) is 11.8 Å². The number of hydrogen-bond acceptors (Lipinski definition) is 4. The summed E-state index contributed by atoms with van der Waals surface area (Å²) in [5.41, 5.74) is 0.517. The molecule has 1 aromatic rings. The molecule has 0 bridgehead atoms. The van der Waals surface area contributed by atoms with Gasteiger partial charge >= 0.3 is 0 Å². The lowest BCUT2D eigenvalue weighted by Gasteiger charge is -2.25. The zero-order valence-corrected chi connectivity index (χ0v) is 13.6. The van der Waals surface area contributed by atoms with Crippen LogP contribution in [0.3, 0.4) is 0 Å². The van der Waals surface area contributed by atoms with Crippen LogP contribution in [0.4, 0.5) is 0 Å². The van der Waals surface area contributed by atoms with Gasteiger partial charge in [-0.15, -0.1) is 0 Å². The molecular weight excluding hydrogens is 290 g/mol. The van der Waals surface area contributed by atoms with Gasteiger partial charge in [0.2, 0.25) is 10.0 Å². The largest absolute Gasteiger partial charge is 0.495 e. The first kappa shape index (κ1) is 17.5. The van der Waals surface area contributed by atoms with E-state index in [9.17, 15) is 8.42 Å². The van der Waals surface area contributed by atoms with E-state index >= 15 is 0 Å². The van der Waals surface area contributed by atoms with Crippen LogP contribution in [0.2, 0.25) is 0 Å². The van der Waals surface area contributed by atoms with E-state index in [0.717, 1.165) is 0 Å². The molecule has 0 radical (unpaired) electrons. The third-order valence-electron chi connectivity index (χ3n) is 2.95. The molecular formula is C15H21NO4S. The maximum atomic E-state index is 12.8. The maximum Gasteiger partial charge on any atom is 0.247 e. The van der Waals surface area contributed by atoms with Crippen LogP contribution in [-0.4, -0.2) is 44.1 Å². The predicted molar refractivity (Wildman–Crippen MR) is 81.7 cm³/mol. The number of hydrogen-bond donors (Lipinski definition) is 1. The van der Waals surface area contributed by atoms with Crippen molar-refractivity contribution >= 4 is 10.0 Å². The second-order valence-electron chi connectivity index (χ2n) is 4.63. The van der Waals surface area contributed by atoms with Crippen LogP contribution in [0.15, 0.2) is 23.1 Å². The highest BCUT2D eigenvalue weighted by molar-refractivity contribution is 7.89. The highest BCUT2D eigenvalue weighted by atomic mass is 32.2. The van der Waals surface area contributed by atoms with Crippen molar-refractivity contribution in [1.29, 1.82) is 0 Å². The molecule has 0 aliphatic rings. The highest BCUT2D eigenvalue weighted by Crippen LogP contribution is 2.28. The summed E-state index contributed by atoms with van der Waals surface area (Å²) in [6, 6.07) is 4.55. The van der Waals surface area contributed by atoms with Gasteiger partial charge in [0, 0.05) is 18.2 Å². The van der Waals surface area contributed by atoms with Crippen molar-refractivity contribution in [3.63, 3.8) is 0 Å². The molecule has 6 heteroatoms. The topological polar surface area (TPSA) is 66.8 Å². The van der Waals surface area contributed by atoms with Gasteiger partial charge in [0.25, 0.3) is 0 Å². The summed E-state index contributed by atoms with van der Waals surface area (Å²) in [5.74, 6) is 5.49. The Kier molecular flexibility index (Phi) is 6.21. The first-order valence-corrected chi connectivity index (χ1v) is 8.12. The molecule has 0 amide bonds. The number of ether oxygens (including phenoxy) is 1. The fourth-order valence-electron chi connectivity index (χ4n) is 2.04. The smallest absolute Gasteiger partial charge is 0.247 e. The van der Waals surface area contributed by atoms with Gasteiger partial charge < -0.3 is 9.84 Å². The molecule has 0 saturated carbocycles. The maximum absolute atomic E-state index is 12.8. The quantitative estimate of drug-likeness (QED) is 0.836. The molecule has 0 aromatic heterocycles. The number of benzene rings is 1. The summed E-state index contributed by atoms with van der Waals surface area (Å²) < 4.78 is 32.1. The molecule has 0 heterocycles. The van der Waals surface area contributed by atoms with Gasteiger partial charge in [-0.2, -0.15) is 4.31 Å². The Bertz CT molecular complexity index is 641. The average Bonchev–Trinajstić information content (AvgIpc) is 2.44. The summed E-state index contributed by atoms with van der Waals surface area (Å²) in [5, 5.41) is 8.73. The molecule has 1 rings (SSSR count). The minimum Gasteiger partial charge on any atom is -0.495 e. The van der Waals surface area contributed by atoms with Crippen LogP contribution in [0, 0.1) is 11.8 Å².